The minimum Gasteiger partial charge on any atom is -0.593 e. The summed E-state index contributed by atoms with van der Waals surface area (Å²) in [7, 11) is 0. The van der Waals surface area contributed by atoms with Crippen LogP contribution in [0.5, 0.6) is 0 Å². The summed E-state index contributed by atoms with van der Waals surface area (Å²) in [6, 6.07) is 7.21. The number of urea groups is 1. The molecule has 2 rings (SSSR count). The Bertz CT molecular complexity index is 515. The maximum atomic E-state index is 11.6. The van der Waals surface area contributed by atoms with Crippen molar-refractivity contribution in [2.75, 3.05) is 6.26 Å². The molecule has 1 aliphatic rings. The zero-order chi connectivity index (χ0) is 14.8. The summed E-state index contributed by atoms with van der Waals surface area (Å²) in [5.74, 6) is 0.161. The number of rotatable bonds is 3. The van der Waals surface area contributed by atoms with Crippen molar-refractivity contribution >= 4 is 39.2 Å². The fourth-order valence-electron chi connectivity index (χ4n) is 2.37. The smallest absolute Gasteiger partial charge is 0.361 e. The van der Waals surface area contributed by atoms with Crippen LogP contribution in [0, 0.1) is 5.41 Å². The SMILES string of the molecule is C[S+]([O-])NC(=O)NC(=N)C1(c2ccc(Br)cc2)CCC1. The van der Waals surface area contributed by atoms with Crippen molar-refractivity contribution in [3.8, 4) is 0 Å². The quantitative estimate of drug-likeness (QED) is 0.440. The van der Waals surface area contributed by atoms with E-state index in [9.17, 15) is 9.35 Å². The highest BCUT2D eigenvalue weighted by atomic mass is 79.9. The van der Waals surface area contributed by atoms with Gasteiger partial charge < -0.3 is 4.55 Å². The van der Waals surface area contributed by atoms with Crippen LogP contribution in [0.1, 0.15) is 24.8 Å². The summed E-state index contributed by atoms with van der Waals surface area (Å²) in [5.41, 5.74) is 0.600. The van der Waals surface area contributed by atoms with Gasteiger partial charge in [0.15, 0.2) is 0 Å². The first kappa shape index (κ1) is 15.3. The Morgan fingerprint density at radius 2 is 2.00 bits per heavy atom. The molecule has 1 saturated carbocycles. The molecule has 1 atom stereocenters. The van der Waals surface area contributed by atoms with Crippen LogP contribution in [0.4, 0.5) is 4.79 Å². The Hall–Kier alpha value is -1.05. The van der Waals surface area contributed by atoms with Gasteiger partial charge in [0.05, 0.1) is 16.8 Å². The molecule has 0 aromatic heterocycles. The molecule has 108 valence electrons. The van der Waals surface area contributed by atoms with Gasteiger partial charge in [-0.3, -0.25) is 10.7 Å². The van der Waals surface area contributed by atoms with Gasteiger partial charge in [0.2, 0.25) is 0 Å². The molecule has 1 unspecified atom stereocenters. The van der Waals surface area contributed by atoms with Crippen molar-refractivity contribution in [3.63, 3.8) is 0 Å². The number of hydrogen-bond acceptors (Lipinski definition) is 3. The molecule has 3 N–H and O–H groups in total. The lowest BCUT2D eigenvalue weighted by molar-refractivity contribution is 0.248. The van der Waals surface area contributed by atoms with Gasteiger partial charge in [0.1, 0.15) is 12.1 Å². The van der Waals surface area contributed by atoms with Gasteiger partial charge in [-0.25, -0.2) is 4.79 Å². The molecular formula is C13H16BrN3O2S. The minimum absolute atomic E-state index is 0.161. The molecule has 1 aromatic rings. The zero-order valence-corrected chi connectivity index (χ0v) is 13.4. The Morgan fingerprint density at radius 1 is 1.40 bits per heavy atom. The van der Waals surface area contributed by atoms with Crippen LogP contribution >= 0.6 is 15.9 Å². The molecule has 0 aliphatic heterocycles. The van der Waals surface area contributed by atoms with E-state index in [2.05, 4.69) is 26.0 Å². The highest BCUT2D eigenvalue weighted by molar-refractivity contribution is 9.10. The molecule has 0 heterocycles. The fraction of sp³-hybridized carbons (Fsp3) is 0.385. The normalized spacial score (nSPS) is 17.8. The molecule has 1 fully saturated rings. The molecule has 1 aromatic carbocycles. The van der Waals surface area contributed by atoms with Crippen LogP contribution in [-0.2, 0) is 16.8 Å². The van der Waals surface area contributed by atoms with E-state index in [1.165, 1.54) is 6.26 Å². The van der Waals surface area contributed by atoms with Gasteiger partial charge >= 0.3 is 6.03 Å². The number of hydrogen-bond donors (Lipinski definition) is 3. The maximum absolute atomic E-state index is 11.6. The third-order valence-electron chi connectivity index (χ3n) is 3.56. The van der Waals surface area contributed by atoms with E-state index in [0.717, 1.165) is 29.3 Å². The summed E-state index contributed by atoms with van der Waals surface area (Å²) in [4.78, 5) is 11.6. The molecule has 0 spiro atoms. The van der Waals surface area contributed by atoms with Gasteiger partial charge in [-0.15, -0.1) is 0 Å². The second-order valence-corrected chi connectivity index (χ2v) is 6.86. The van der Waals surface area contributed by atoms with Crippen LogP contribution in [0.2, 0.25) is 0 Å². The first-order chi connectivity index (χ1) is 9.44. The summed E-state index contributed by atoms with van der Waals surface area (Å²) in [6.07, 6.45) is 4.07. The number of benzene rings is 1. The summed E-state index contributed by atoms with van der Waals surface area (Å²) < 4.78 is 14.1. The average Bonchev–Trinajstić information content (AvgIpc) is 2.28. The number of amidine groups is 1. The van der Waals surface area contributed by atoms with Crippen molar-refractivity contribution in [1.82, 2.24) is 10.0 Å². The Labute approximate surface area is 129 Å². The van der Waals surface area contributed by atoms with E-state index in [0.29, 0.717) is 0 Å². The van der Waals surface area contributed by atoms with Gasteiger partial charge in [-0.1, -0.05) is 34.5 Å². The molecular weight excluding hydrogens is 342 g/mol. The molecule has 1 aliphatic carbocycles. The Kier molecular flexibility index (Phi) is 4.72. The summed E-state index contributed by atoms with van der Waals surface area (Å²) in [5, 5.41) is 10.7. The molecule has 2 amide bonds. The number of carbonyl (C=O) groups excluding carboxylic acids is 1. The van der Waals surface area contributed by atoms with Gasteiger partial charge in [0.25, 0.3) is 0 Å². The van der Waals surface area contributed by atoms with E-state index < -0.39 is 22.8 Å². The van der Waals surface area contributed by atoms with Crippen molar-refractivity contribution in [2.24, 2.45) is 0 Å². The highest BCUT2D eigenvalue weighted by Gasteiger charge is 2.43. The third-order valence-corrected chi connectivity index (χ3v) is 4.56. The standard InChI is InChI=1S/C13H16BrN3O2S/c1-20(19)17-12(18)16-11(15)13(7-2-8-13)9-3-5-10(14)6-4-9/h3-6H,2,7-8H2,1H3,(H3,15,16,17,18). The molecule has 0 radical (unpaired) electrons. The number of halogens is 1. The minimum atomic E-state index is -1.44. The first-order valence-electron chi connectivity index (χ1n) is 6.20. The highest BCUT2D eigenvalue weighted by Crippen LogP contribution is 2.44. The topological polar surface area (TPSA) is 88.0 Å². The van der Waals surface area contributed by atoms with Crippen LogP contribution in [-0.4, -0.2) is 22.7 Å². The van der Waals surface area contributed by atoms with Gasteiger partial charge in [-0.2, -0.15) is 4.72 Å². The largest absolute Gasteiger partial charge is 0.593 e. The molecule has 5 nitrogen and oxygen atoms in total. The Balaban J connectivity index is 2.13. The monoisotopic (exact) mass is 357 g/mol. The maximum Gasteiger partial charge on any atom is 0.361 e. The van der Waals surface area contributed by atoms with Crippen LogP contribution in [0.15, 0.2) is 28.7 Å². The van der Waals surface area contributed by atoms with E-state index in [1.54, 1.807) is 0 Å². The van der Waals surface area contributed by atoms with E-state index in [-0.39, 0.29) is 5.84 Å². The van der Waals surface area contributed by atoms with E-state index >= 15 is 0 Å². The summed E-state index contributed by atoms with van der Waals surface area (Å²) >= 11 is 1.95. The van der Waals surface area contributed by atoms with Crippen LogP contribution in [0.3, 0.4) is 0 Å². The number of amides is 2. The lowest BCUT2D eigenvalue weighted by atomic mass is 9.63. The first-order valence-corrected chi connectivity index (χ1v) is 8.55. The second kappa shape index (κ2) is 6.15. The van der Waals surface area contributed by atoms with Crippen LogP contribution < -0.4 is 10.0 Å². The average molecular weight is 358 g/mol. The lowest BCUT2D eigenvalue weighted by Crippen LogP contribution is -2.53. The summed E-state index contributed by atoms with van der Waals surface area (Å²) in [6.45, 7) is 0. The lowest BCUT2D eigenvalue weighted by Gasteiger charge is -2.42. The molecule has 0 bridgehead atoms. The second-order valence-electron chi connectivity index (χ2n) is 4.83. The molecule has 0 saturated heterocycles. The van der Waals surface area contributed by atoms with Crippen LogP contribution in [0.25, 0.3) is 0 Å². The van der Waals surface area contributed by atoms with Crippen molar-refractivity contribution in [1.29, 1.82) is 5.41 Å². The van der Waals surface area contributed by atoms with Crippen molar-refractivity contribution in [2.45, 2.75) is 24.7 Å². The molecule has 20 heavy (non-hydrogen) atoms. The van der Waals surface area contributed by atoms with E-state index in [4.69, 9.17) is 5.41 Å². The Morgan fingerprint density at radius 3 is 2.45 bits per heavy atom. The predicted molar refractivity (Wildman–Crippen MR) is 83.1 cm³/mol. The third kappa shape index (κ3) is 3.16. The zero-order valence-electron chi connectivity index (χ0n) is 11.0. The van der Waals surface area contributed by atoms with Gasteiger partial charge in [-0.05, 0) is 30.5 Å². The van der Waals surface area contributed by atoms with Crippen molar-refractivity contribution in [3.05, 3.63) is 34.3 Å². The van der Waals surface area contributed by atoms with Gasteiger partial charge in [0, 0.05) is 4.47 Å². The van der Waals surface area contributed by atoms with Crippen molar-refractivity contribution < 1.29 is 9.35 Å². The predicted octanol–water partition coefficient (Wildman–Crippen LogP) is 2.44. The fourth-order valence-corrected chi connectivity index (χ4v) is 2.95. The number of nitrogens with one attached hydrogen (secondary N) is 3. The molecule has 7 heteroatoms. The van der Waals surface area contributed by atoms with E-state index in [1.807, 2.05) is 24.3 Å². The number of carbonyl (C=O) groups is 1.